The number of benzene rings is 1. The molecule has 7 nitrogen and oxygen atoms in total. The van der Waals surface area contributed by atoms with Crippen LogP contribution in [0.15, 0.2) is 42.6 Å². The molecule has 1 fully saturated rings. The molecule has 7 heteroatoms. The van der Waals surface area contributed by atoms with Crippen LogP contribution in [0.2, 0.25) is 0 Å². The molecular weight excluding hydrogens is 380 g/mol. The summed E-state index contributed by atoms with van der Waals surface area (Å²) in [5.74, 6) is 1.39. The van der Waals surface area contributed by atoms with Gasteiger partial charge in [0.1, 0.15) is 18.2 Å². The van der Waals surface area contributed by atoms with Crippen LogP contribution in [0.4, 0.5) is 5.82 Å². The third kappa shape index (κ3) is 6.18. The smallest absolute Gasteiger partial charge is 0.255 e. The first-order valence-electron chi connectivity index (χ1n) is 10.7. The maximum Gasteiger partial charge on any atom is 0.255 e. The quantitative estimate of drug-likeness (QED) is 0.605. The van der Waals surface area contributed by atoms with E-state index in [0.29, 0.717) is 37.7 Å². The van der Waals surface area contributed by atoms with Gasteiger partial charge in [0.25, 0.3) is 5.91 Å². The number of carbonyl (C=O) groups is 1. The molecule has 2 heterocycles. The van der Waals surface area contributed by atoms with Gasteiger partial charge in [-0.25, -0.2) is 4.98 Å². The van der Waals surface area contributed by atoms with Crippen LogP contribution in [0, 0.1) is 0 Å². The van der Waals surface area contributed by atoms with Gasteiger partial charge in [-0.3, -0.25) is 4.79 Å². The lowest BCUT2D eigenvalue weighted by atomic mass is 10.2. The molecule has 1 amide bonds. The summed E-state index contributed by atoms with van der Waals surface area (Å²) in [5, 5.41) is 2.96. The minimum atomic E-state index is -0.165. The lowest BCUT2D eigenvalue weighted by Gasteiger charge is -2.34. The number of para-hydroxylation sites is 1. The van der Waals surface area contributed by atoms with E-state index in [9.17, 15) is 4.79 Å². The average molecular weight is 413 g/mol. The molecule has 1 N–H and O–H groups in total. The molecule has 30 heavy (non-hydrogen) atoms. The SMILES string of the molecule is CCOCCOc1ccccc1C(=O)NCc1ccc(N2CCN(CC)CC2)nc1. The fourth-order valence-electron chi connectivity index (χ4n) is 3.41. The Bertz CT molecular complexity index is 789. The summed E-state index contributed by atoms with van der Waals surface area (Å²) < 4.78 is 11.0. The Hall–Kier alpha value is -2.64. The van der Waals surface area contributed by atoms with E-state index in [1.807, 2.05) is 37.4 Å². The zero-order chi connectivity index (χ0) is 21.2. The highest BCUT2D eigenvalue weighted by molar-refractivity contribution is 5.96. The van der Waals surface area contributed by atoms with Crippen molar-refractivity contribution in [3.8, 4) is 5.75 Å². The fraction of sp³-hybridized carbons (Fsp3) is 0.478. The minimum absolute atomic E-state index is 0.165. The zero-order valence-corrected chi connectivity index (χ0v) is 18.0. The molecule has 0 radical (unpaired) electrons. The zero-order valence-electron chi connectivity index (χ0n) is 18.0. The second-order valence-corrected chi connectivity index (χ2v) is 7.17. The summed E-state index contributed by atoms with van der Waals surface area (Å²) in [4.78, 5) is 22.0. The van der Waals surface area contributed by atoms with Crippen molar-refractivity contribution in [1.29, 1.82) is 0 Å². The minimum Gasteiger partial charge on any atom is -0.490 e. The van der Waals surface area contributed by atoms with Crippen molar-refractivity contribution < 1.29 is 14.3 Å². The number of likely N-dealkylation sites (N-methyl/N-ethyl adjacent to an activating group) is 1. The van der Waals surface area contributed by atoms with Gasteiger partial charge in [-0.15, -0.1) is 0 Å². The molecule has 1 aliphatic rings. The molecule has 0 bridgehead atoms. The van der Waals surface area contributed by atoms with Crippen LogP contribution in [0.5, 0.6) is 5.75 Å². The van der Waals surface area contributed by atoms with E-state index in [4.69, 9.17) is 9.47 Å². The molecular formula is C23H32N4O3. The number of rotatable bonds is 10. The van der Waals surface area contributed by atoms with Gasteiger partial charge in [-0.1, -0.05) is 25.1 Å². The first-order chi connectivity index (χ1) is 14.7. The first kappa shape index (κ1) is 22.1. The van der Waals surface area contributed by atoms with Crippen molar-refractivity contribution in [2.45, 2.75) is 20.4 Å². The number of amides is 1. The Kier molecular flexibility index (Phi) is 8.47. The molecule has 0 saturated carbocycles. The van der Waals surface area contributed by atoms with E-state index < -0.39 is 0 Å². The van der Waals surface area contributed by atoms with Gasteiger partial charge in [0.15, 0.2) is 0 Å². The van der Waals surface area contributed by atoms with Gasteiger partial charge in [-0.2, -0.15) is 0 Å². The molecule has 1 aromatic heterocycles. The Morgan fingerprint density at radius 1 is 1.07 bits per heavy atom. The second-order valence-electron chi connectivity index (χ2n) is 7.17. The largest absolute Gasteiger partial charge is 0.490 e. The number of hydrogen-bond acceptors (Lipinski definition) is 6. The lowest BCUT2D eigenvalue weighted by molar-refractivity contribution is 0.0934. The Labute approximate surface area is 179 Å². The summed E-state index contributed by atoms with van der Waals surface area (Å²) in [6.07, 6.45) is 1.84. The lowest BCUT2D eigenvalue weighted by Crippen LogP contribution is -2.46. The van der Waals surface area contributed by atoms with Crippen molar-refractivity contribution in [3.63, 3.8) is 0 Å². The predicted molar refractivity (Wildman–Crippen MR) is 118 cm³/mol. The van der Waals surface area contributed by atoms with Crippen LogP contribution in [-0.2, 0) is 11.3 Å². The molecule has 1 aromatic carbocycles. The molecule has 1 aliphatic heterocycles. The van der Waals surface area contributed by atoms with Gasteiger partial charge in [0.2, 0.25) is 0 Å². The second kappa shape index (κ2) is 11.5. The molecule has 0 spiro atoms. The predicted octanol–water partition coefficient (Wildman–Crippen LogP) is 2.57. The van der Waals surface area contributed by atoms with Crippen molar-refractivity contribution in [3.05, 3.63) is 53.7 Å². The third-order valence-corrected chi connectivity index (χ3v) is 5.23. The number of aromatic nitrogens is 1. The number of nitrogens with one attached hydrogen (secondary N) is 1. The highest BCUT2D eigenvalue weighted by Crippen LogP contribution is 2.18. The van der Waals surface area contributed by atoms with E-state index in [1.165, 1.54) is 0 Å². The molecule has 1 saturated heterocycles. The number of anilines is 1. The van der Waals surface area contributed by atoms with Crippen LogP contribution in [-0.4, -0.2) is 68.3 Å². The van der Waals surface area contributed by atoms with Crippen LogP contribution in [0.1, 0.15) is 29.8 Å². The maximum atomic E-state index is 12.6. The number of pyridine rings is 1. The van der Waals surface area contributed by atoms with Crippen molar-refractivity contribution in [2.75, 3.05) is 57.4 Å². The number of ether oxygens (including phenoxy) is 2. The highest BCUT2D eigenvalue weighted by atomic mass is 16.5. The van der Waals surface area contributed by atoms with Crippen LogP contribution in [0.3, 0.4) is 0 Å². The van der Waals surface area contributed by atoms with Gasteiger partial charge in [-0.05, 0) is 37.2 Å². The molecule has 0 atom stereocenters. The average Bonchev–Trinajstić information content (AvgIpc) is 2.81. The van der Waals surface area contributed by atoms with Gasteiger partial charge < -0.3 is 24.6 Å². The Morgan fingerprint density at radius 3 is 2.57 bits per heavy atom. The molecule has 2 aromatic rings. The van der Waals surface area contributed by atoms with E-state index in [0.717, 1.165) is 44.1 Å². The van der Waals surface area contributed by atoms with Crippen LogP contribution < -0.4 is 15.0 Å². The van der Waals surface area contributed by atoms with Crippen molar-refractivity contribution >= 4 is 11.7 Å². The van der Waals surface area contributed by atoms with Gasteiger partial charge >= 0.3 is 0 Å². The summed E-state index contributed by atoms with van der Waals surface area (Å²) in [6, 6.07) is 11.3. The highest BCUT2D eigenvalue weighted by Gasteiger charge is 2.17. The maximum absolute atomic E-state index is 12.6. The van der Waals surface area contributed by atoms with Crippen molar-refractivity contribution in [2.24, 2.45) is 0 Å². The van der Waals surface area contributed by atoms with Gasteiger partial charge in [0, 0.05) is 45.5 Å². The number of carbonyl (C=O) groups excluding carboxylic acids is 1. The summed E-state index contributed by atoms with van der Waals surface area (Å²) in [5.41, 5.74) is 1.49. The van der Waals surface area contributed by atoms with Gasteiger partial charge in [0.05, 0.1) is 12.2 Å². The van der Waals surface area contributed by atoms with E-state index in [1.54, 1.807) is 12.1 Å². The number of hydrogen-bond donors (Lipinski definition) is 1. The van der Waals surface area contributed by atoms with Crippen LogP contribution in [0.25, 0.3) is 0 Å². The topological polar surface area (TPSA) is 66.9 Å². The molecule has 0 unspecified atom stereocenters. The first-order valence-corrected chi connectivity index (χ1v) is 10.7. The fourth-order valence-corrected chi connectivity index (χ4v) is 3.41. The molecule has 162 valence electrons. The Morgan fingerprint density at radius 2 is 1.87 bits per heavy atom. The van der Waals surface area contributed by atoms with E-state index in [2.05, 4.69) is 27.0 Å². The standard InChI is InChI=1S/C23H32N4O3/c1-3-26-11-13-27(14-12-26)22-10-9-19(17-24-22)18-25-23(28)20-7-5-6-8-21(20)30-16-15-29-4-2/h5-10,17H,3-4,11-16,18H2,1-2H3,(H,25,28). The monoisotopic (exact) mass is 412 g/mol. The molecule has 3 rings (SSSR count). The summed E-state index contributed by atoms with van der Waals surface area (Å²) >= 11 is 0. The molecule has 0 aliphatic carbocycles. The van der Waals surface area contributed by atoms with Crippen molar-refractivity contribution in [1.82, 2.24) is 15.2 Å². The summed E-state index contributed by atoms with van der Waals surface area (Å²) in [6.45, 7) is 11.3. The third-order valence-electron chi connectivity index (χ3n) is 5.23. The number of piperazine rings is 1. The summed E-state index contributed by atoms with van der Waals surface area (Å²) in [7, 11) is 0. The van der Waals surface area contributed by atoms with E-state index in [-0.39, 0.29) is 5.91 Å². The normalized spacial score (nSPS) is 14.5. The number of nitrogens with zero attached hydrogens (tertiary/aromatic N) is 3. The van der Waals surface area contributed by atoms with E-state index >= 15 is 0 Å². The van der Waals surface area contributed by atoms with Crippen LogP contribution >= 0.6 is 0 Å². The Balaban J connectivity index is 1.51.